The summed E-state index contributed by atoms with van der Waals surface area (Å²) >= 11 is 0. The number of methoxy groups -OCH3 is 1. The first-order chi connectivity index (χ1) is 15.1. The van der Waals surface area contributed by atoms with E-state index in [4.69, 9.17) is 13.9 Å². The molecule has 3 aromatic rings. The zero-order valence-electron chi connectivity index (χ0n) is 17.1. The molecule has 1 aliphatic rings. The van der Waals surface area contributed by atoms with E-state index < -0.39 is 0 Å². The number of piperazine rings is 1. The van der Waals surface area contributed by atoms with E-state index in [1.165, 1.54) is 6.26 Å². The van der Waals surface area contributed by atoms with Crippen LogP contribution in [-0.2, 0) is 9.59 Å². The summed E-state index contributed by atoms with van der Waals surface area (Å²) in [4.78, 5) is 39.3. The third kappa shape index (κ3) is 4.37. The second-order valence-corrected chi connectivity index (χ2v) is 7.18. The molecule has 8 nitrogen and oxygen atoms in total. The summed E-state index contributed by atoms with van der Waals surface area (Å²) in [5, 5.41) is 0.428. The smallest absolute Gasteiger partial charge is 0.260 e. The van der Waals surface area contributed by atoms with E-state index in [0.29, 0.717) is 54.2 Å². The van der Waals surface area contributed by atoms with Gasteiger partial charge in [-0.1, -0.05) is 12.1 Å². The molecule has 160 valence electrons. The lowest BCUT2D eigenvalue weighted by Gasteiger charge is -2.32. The van der Waals surface area contributed by atoms with Crippen molar-refractivity contribution in [1.82, 2.24) is 9.80 Å². The van der Waals surface area contributed by atoms with E-state index in [9.17, 15) is 14.4 Å². The molecule has 0 bridgehead atoms. The monoisotopic (exact) mass is 422 g/mol. The fourth-order valence-corrected chi connectivity index (χ4v) is 3.48. The molecule has 1 aliphatic heterocycles. The van der Waals surface area contributed by atoms with E-state index in [0.717, 1.165) is 12.0 Å². The highest BCUT2D eigenvalue weighted by atomic mass is 16.5. The number of ether oxygens (including phenoxy) is 2. The van der Waals surface area contributed by atoms with Crippen LogP contribution in [0.5, 0.6) is 11.5 Å². The molecule has 31 heavy (non-hydrogen) atoms. The van der Waals surface area contributed by atoms with Crippen molar-refractivity contribution in [3.05, 3.63) is 59.0 Å². The molecule has 2 aromatic carbocycles. The number of benzene rings is 2. The molecule has 0 N–H and O–H groups in total. The number of amides is 2. The molecule has 8 heteroatoms. The van der Waals surface area contributed by atoms with Gasteiger partial charge in [0.25, 0.3) is 5.91 Å². The Kier molecular flexibility index (Phi) is 5.88. The van der Waals surface area contributed by atoms with E-state index in [2.05, 4.69) is 0 Å². The third-order valence-corrected chi connectivity index (χ3v) is 5.33. The topological polar surface area (TPSA) is 89.3 Å². The summed E-state index contributed by atoms with van der Waals surface area (Å²) in [6, 6.07) is 12.1. The lowest BCUT2D eigenvalue weighted by Crippen LogP contribution is -2.49. The van der Waals surface area contributed by atoms with E-state index >= 15 is 0 Å². The Morgan fingerprint density at radius 2 is 1.77 bits per heavy atom. The zero-order chi connectivity index (χ0) is 21.8. The second kappa shape index (κ2) is 8.91. The minimum Gasteiger partial charge on any atom is -0.497 e. The van der Waals surface area contributed by atoms with Gasteiger partial charge in [-0.05, 0) is 29.8 Å². The number of carbonyl (C=O) groups is 2. The Bertz CT molecular complexity index is 1150. The first-order valence-electron chi connectivity index (χ1n) is 9.89. The molecule has 1 saturated heterocycles. The highest BCUT2D eigenvalue weighted by Gasteiger charge is 2.20. The van der Waals surface area contributed by atoms with Gasteiger partial charge in [-0.25, -0.2) is 0 Å². The summed E-state index contributed by atoms with van der Waals surface area (Å²) < 4.78 is 16.4. The molecule has 1 fully saturated rings. The van der Waals surface area contributed by atoms with Gasteiger partial charge in [0.2, 0.25) is 6.41 Å². The minimum absolute atomic E-state index is 0.124. The average Bonchev–Trinajstić information content (AvgIpc) is 2.83. The van der Waals surface area contributed by atoms with Crippen molar-refractivity contribution in [2.45, 2.75) is 0 Å². The SMILES string of the molecule is COc1ccc(-c2coc3cc(OCC(=O)N4CCN(C=O)CC4)ccc3c2=O)cc1. The van der Waals surface area contributed by atoms with Gasteiger partial charge in [-0.15, -0.1) is 0 Å². The van der Waals surface area contributed by atoms with Crippen LogP contribution in [0, 0.1) is 0 Å². The Balaban J connectivity index is 1.46. The molecule has 0 saturated carbocycles. The molecule has 4 rings (SSSR count). The van der Waals surface area contributed by atoms with Crippen molar-refractivity contribution in [2.24, 2.45) is 0 Å². The fraction of sp³-hybridized carbons (Fsp3) is 0.261. The number of nitrogens with zero attached hydrogens (tertiary/aromatic N) is 2. The minimum atomic E-state index is -0.151. The van der Waals surface area contributed by atoms with Crippen LogP contribution in [0.25, 0.3) is 22.1 Å². The van der Waals surface area contributed by atoms with Gasteiger partial charge in [0.1, 0.15) is 23.3 Å². The van der Waals surface area contributed by atoms with Gasteiger partial charge in [-0.2, -0.15) is 0 Å². The van der Waals surface area contributed by atoms with Crippen LogP contribution in [-0.4, -0.2) is 62.0 Å². The third-order valence-electron chi connectivity index (χ3n) is 5.33. The van der Waals surface area contributed by atoms with Gasteiger partial charge < -0.3 is 23.7 Å². The summed E-state index contributed by atoms with van der Waals surface area (Å²) in [5.41, 5.74) is 1.42. The Morgan fingerprint density at radius 3 is 2.45 bits per heavy atom. The Morgan fingerprint density at radius 1 is 1.06 bits per heavy atom. The lowest BCUT2D eigenvalue weighted by atomic mass is 10.1. The number of hydrogen-bond donors (Lipinski definition) is 0. The maximum atomic E-state index is 12.9. The largest absolute Gasteiger partial charge is 0.497 e. The molecular weight excluding hydrogens is 400 g/mol. The van der Waals surface area contributed by atoms with E-state index in [1.54, 1.807) is 59.4 Å². The number of carbonyl (C=O) groups excluding carboxylic acids is 2. The van der Waals surface area contributed by atoms with Crippen molar-refractivity contribution >= 4 is 23.3 Å². The normalized spacial score (nSPS) is 13.8. The number of rotatable bonds is 6. The molecule has 0 aliphatic carbocycles. The fourth-order valence-electron chi connectivity index (χ4n) is 3.48. The highest BCUT2D eigenvalue weighted by molar-refractivity contribution is 5.83. The summed E-state index contributed by atoms with van der Waals surface area (Å²) in [6.07, 6.45) is 2.22. The van der Waals surface area contributed by atoms with Crippen LogP contribution >= 0.6 is 0 Å². The van der Waals surface area contributed by atoms with Gasteiger partial charge >= 0.3 is 0 Å². The van der Waals surface area contributed by atoms with Gasteiger partial charge in [-0.3, -0.25) is 14.4 Å². The first kappa shape index (κ1) is 20.5. The van der Waals surface area contributed by atoms with E-state index in [1.807, 2.05) is 0 Å². The maximum absolute atomic E-state index is 12.9. The van der Waals surface area contributed by atoms with E-state index in [-0.39, 0.29) is 17.9 Å². The predicted molar refractivity (Wildman–Crippen MR) is 114 cm³/mol. The van der Waals surface area contributed by atoms with Crippen LogP contribution in [0.3, 0.4) is 0 Å². The lowest BCUT2D eigenvalue weighted by molar-refractivity contribution is -0.137. The standard InChI is InChI=1S/C23H22N2O6/c1-29-17-4-2-16(3-5-17)20-13-31-21-12-18(6-7-19(21)23(20)28)30-14-22(27)25-10-8-24(15-26)9-11-25/h2-7,12-13,15H,8-11,14H2,1H3. The molecule has 2 heterocycles. The summed E-state index contributed by atoms with van der Waals surface area (Å²) in [6.45, 7) is 1.89. The van der Waals surface area contributed by atoms with Crippen molar-refractivity contribution in [2.75, 3.05) is 39.9 Å². The van der Waals surface area contributed by atoms with Crippen molar-refractivity contribution < 1.29 is 23.5 Å². The second-order valence-electron chi connectivity index (χ2n) is 7.18. The van der Waals surface area contributed by atoms with Gasteiger partial charge in [0.15, 0.2) is 12.0 Å². The van der Waals surface area contributed by atoms with Crippen LogP contribution in [0.1, 0.15) is 0 Å². The first-order valence-corrected chi connectivity index (χ1v) is 9.89. The molecule has 0 atom stereocenters. The molecule has 0 spiro atoms. The Labute approximate surface area is 178 Å². The number of fused-ring (bicyclic) bond motifs is 1. The predicted octanol–water partition coefficient (Wildman–Crippen LogP) is 2.15. The van der Waals surface area contributed by atoms with Crippen LogP contribution in [0.4, 0.5) is 0 Å². The maximum Gasteiger partial charge on any atom is 0.260 e. The van der Waals surface area contributed by atoms with Gasteiger partial charge in [0.05, 0.1) is 18.1 Å². The quantitative estimate of drug-likeness (QED) is 0.566. The van der Waals surface area contributed by atoms with Gasteiger partial charge in [0, 0.05) is 32.2 Å². The van der Waals surface area contributed by atoms with Crippen molar-refractivity contribution in [3.8, 4) is 22.6 Å². The molecule has 2 amide bonds. The highest BCUT2D eigenvalue weighted by Crippen LogP contribution is 2.24. The molecule has 1 aromatic heterocycles. The van der Waals surface area contributed by atoms with Crippen LogP contribution in [0.2, 0.25) is 0 Å². The summed E-state index contributed by atoms with van der Waals surface area (Å²) in [5.74, 6) is 0.991. The van der Waals surface area contributed by atoms with Crippen LogP contribution < -0.4 is 14.9 Å². The zero-order valence-corrected chi connectivity index (χ0v) is 17.1. The molecule has 0 unspecified atom stereocenters. The van der Waals surface area contributed by atoms with Crippen molar-refractivity contribution in [3.63, 3.8) is 0 Å². The molecular formula is C23H22N2O6. The van der Waals surface area contributed by atoms with Crippen molar-refractivity contribution in [1.29, 1.82) is 0 Å². The average molecular weight is 422 g/mol. The summed E-state index contributed by atoms with van der Waals surface area (Å²) in [7, 11) is 1.58. The number of hydrogen-bond acceptors (Lipinski definition) is 6. The Hall–Kier alpha value is -3.81. The molecule has 0 radical (unpaired) electrons. The van der Waals surface area contributed by atoms with Crippen LogP contribution in [0.15, 0.2) is 57.9 Å².